The molecule has 1 aliphatic heterocycles. The van der Waals surface area contributed by atoms with Gasteiger partial charge in [0.15, 0.2) is 16.9 Å². The Kier molecular flexibility index (Phi) is 8.44. The minimum Gasteiger partial charge on any atom is -0.505 e. The molecule has 0 spiro atoms. The van der Waals surface area contributed by atoms with E-state index in [1.807, 2.05) is 13.8 Å². The van der Waals surface area contributed by atoms with Crippen LogP contribution in [-0.2, 0) is 0 Å². The van der Waals surface area contributed by atoms with E-state index < -0.39 is 17.2 Å². The number of aromatic amines is 1. The van der Waals surface area contributed by atoms with E-state index in [0.29, 0.717) is 6.54 Å². The van der Waals surface area contributed by atoms with Crippen LogP contribution in [0, 0.1) is 0 Å². The third-order valence-corrected chi connectivity index (χ3v) is 4.78. The molecule has 0 atom stereocenters. The summed E-state index contributed by atoms with van der Waals surface area (Å²) in [5.74, 6) is -1.00. The number of aromatic hydroxyl groups is 1. The number of nitrogens with zero attached hydrogens (tertiary/aromatic N) is 4. The van der Waals surface area contributed by atoms with Gasteiger partial charge in [0.2, 0.25) is 0 Å². The van der Waals surface area contributed by atoms with Crippen LogP contribution in [0.3, 0.4) is 0 Å². The summed E-state index contributed by atoms with van der Waals surface area (Å²) in [6.45, 7) is 7.21. The Bertz CT molecular complexity index is 841. The summed E-state index contributed by atoms with van der Waals surface area (Å²) in [6.07, 6.45) is 4.55. The molecule has 3 rings (SSSR count). The van der Waals surface area contributed by atoms with Crippen LogP contribution < -0.4 is 10.9 Å². The van der Waals surface area contributed by atoms with Crippen molar-refractivity contribution in [3.05, 3.63) is 15.9 Å². The zero-order valence-electron chi connectivity index (χ0n) is 16.3. The molecule has 2 aromatic heterocycles. The summed E-state index contributed by atoms with van der Waals surface area (Å²) >= 11 is 0. The van der Waals surface area contributed by atoms with E-state index in [4.69, 9.17) is 0 Å². The Hall–Kier alpha value is -0.784. The first kappa shape index (κ1) is 22.5. The van der Waals surface area contributed by atoms with Crippen LogP contribution in [0.5, 0.6) is 5.75 Å². The predicted octanol–water partition coefficient (Wildman–Crippen LogP) is 0.631. The summed E-state index contributed by atoms with van der Waals surface area (Å²) < 4.78 is 1.36. The smallest absolute Gasteiger partial charge is 0.269 e. The Morgan fingerprint density at radius 2 is 1.96 bits per heavy atom. The van der Waals surface area contributed by atoms with E-state index >= 15 is 0 Å². The van der Waals surface area contributed by atoms with Gasteiger partial charge in [-0.15, -0.1) is 5.10 Å². The van der Waals surface area contributed by atoms with Gasteiger partial charge in [0, 0.05) is 64.0 Å². The Labute approximate surface area is 200 Å². The van der Waals surface area contributed by atoms with Gasteiger partial charge in [0.25, 0.3) is 11.5 Å². The SMILES string of the molecule is CC(C)n1c(=O)c(C(=O)NCCCN2CCCCC2)c(O)c2n[nH]nc21.[K]. The number of carbonyl (C=O) groups excluding carboxylic acids is 1. The third kappa shape index (κ3) is 4.98. The molecule has 1 saturated heterocycles. The number of nitrogens with one attached hydrogen (secondary N) is 2. The number of hydrogen-bond acceptors (Lipinski definition) is 6. The van der Waals surface area contributed by atoms with Gasteiger partial charge in [-0.1, -0.05) is 6.42 Å². The molecule has 3 heterocycles. The number of aromatic nitrogens is 4. The number of likely N-dealkylation sites (tertiary alicyclic amines) is 1. The molecule has 0 aromatic carbocycles. The van der Waals surface area contributed by atoms with E-state index in [0.717, 1.165) is 26.1 Å². The molecular weight excluding hydrogens is 375 g/mol. The maximum Gasteiger partial charge on any atom is 0.269 e. The number of pyridine rings is 1. The first-order valence-electron chi connectivity index (χ1n) is 9.19. The van der Waals surface area contributed by atoms with Crippen LogP contribution in [0.4, 0.5) is 0 Å². The van der Waals surface area contributed by atoms with Crippen molar-refractivity contribution in [2.45, 2.75) is 45.6 Å². The minimum absolute atomic E-state index is 0. The second kappa shape index (κ2) is 10.1. The monoisotopic (exact) mass is 401 g/mol. The van der Waals surface area contributed by atoms with Gasteiger partial charge in [-0.05, 0) is 52.7 Å². The topological polar surface area (TPSA) is 116 Å². The number of rotatable bonds is 6. The first-order valence-corrected chi connectivity index (χ1v) is 9.19. The average molecular weight is 402 g/mol. The largest absolute Gasteiger partial charge is 0.505 e. The summed E-state index contributed by atoms with van der Waals surface area (Å²) in [5, 5.41) is 23.3. The predicted molar refractivity (Wildman–Crippen MR) is 103 cm³/mol. The normalized spacial score (nSPS) is 15.1. The number of carbonyl (C=O) groups is 1. The molecule has 0 bridgehead atoms. The van der Waals surface area contributed by atoms with E-state index in [9.17, 15) is 14.7 Å². The summed E-state index contributed by atoms with van der Waals surface area (Å²) in [6, 6.07) is -0.221. The molecule has 1 aliphatic rings. The Balaban J connectivity index is 0.00000261. The molecule has 10 heteroatoms. The summed E-state index contributed by atoms with van der Waals surface area (Å²) in [7, 11) is 0. The van der Waals surface area contributed by atoms with Crippen LogP contribution in [0.25, 0.3) is 11.2 Å². The van der Waals surface area contributed by atoms with Crippen molar-refractivity contribution < 1.29 is 9.90 Å². The maximum atomic E-state index is 12.7. The quantitative estimate of drug-likeness (QED) is 0.483. The molecule has 27 heavy (non-hydrogen) atoms. The van der Waals surface area contributed by atoms with Crippen molar-refractivity contribution in [1.82, 2.24) is 30.2 Å². The molecule has 3 N–H and O–H groups in total. The number of H-pyrrole nitrogens is 1. The second-order valence-corrected chi connectivity index (χ2v) is 7.00. The maximum absolute atomic E-state index is 12.7. The first-order chi connectivity index (χ1) is 12.5. The van der Waals surface area contributed by atoms with E-state index in [-0.39, 0.29) is 74.2 Å². The van der Waals surface area contributed by atoms with E-state index in [2.05, 4.69) is 25.6 Å². The Morgan fingerprint density at radius 3 is 2.63 bits per heavy atom. The van der Waals surface area contributed by atoms with Crippen LogP contribution in [0.15, 0.2) is 4.79 Å². The van der Waals surface area contributed by atoms with Gasteiger partial charge in [-0.25, -0.2) is 0 Å². The fraction of sp³-hybridized carbons (Fsp3) is 0.647. The number of amides is 1. The molecule has 2 aromatic rings. The molecule has 0 aliphatic carbocycles. The summed E-state index contributed by atoms with van der Waals surface area (Å²) in [5.41, 5.74) is -0.480. The zero-order chi connectivity index (χ0) is 18.7. The molecule has 1 fully saturated rings. The van der Waals surface area contributed by atoms with Gasteiger partial charge in [-0.2, -0.15) is 10.3 Å². The molecule has 1 radical (unpaired) electrons. The van der Waals surface area contributed by atoms with Crippen LogP contribution >= 0.6 is 0 Å². The van der Waals surface area contributed by atoms with Gasteiger partial charge in [0.1, 0.15) is 5.56 Å². The molecule has 0 saturated carbocycles. The van der Waals surface area contributed by atoms with Gasteiger partial charge in [0.05, 0.1) is 0 Å². The summed E-state index contributed by atoms with van der Waals surface area (Å²) in [4.78, 5) is 27.6. The van der Waals surface area contributed by atoms with Crippen LogP contribution in [-0.4, -0.2) is 113 Å². The molecular formula is C17H26KN6O3. The number of hydrogen-bond donors (Lipinski definition) is 3. The second-order valence-electron chi connectivity index (χ2n) is 7.00. The number of piperidine rings is 1. The van der Waals surface area contributed by atoms with Crippen molar-refractivity contribution in [3.8, 4) is 5.75 Å². The number of fused-ring (bicyclic) bond motifs is 1. The van der Waals surface area contributed by atoms with E-state index in [1.165, 1.54) is 23.8 Å². The molecule has 0 unspecified atom stereocenters. The minimum atomic E-state index is -0.578. The van der Waals surface area contributed by atoms with Crippen molar-refractivity contribution in [2.75, 3.05) is 26.2 Å². The molecule has 143 valence electrons. The fourth-order valence-corrected chi connectivity index (χ4v) is 3.45. The van der Waals surface area contributed by atoms with Gasteiger partial charge >= 0.3 is 0 Å². The zero-order valence-corrected chi connectivity index (χ0v) is 19.4. The van der Waals surface area contributed by atoms with Gasteiger partial charge < -0.3 is 15.3 Å². The molecule has 1 amide bonds. The fourth-order valence-electron chi connectivity index (χ4n) is 3.45. The standard InChI is InChI=1S/C17H26N6O3.K/c1-11(2)23-15-13(19-21-20-15)14(24)12(17(23)26)16(25)18-7-6-10-22-8-4-3-5-9-22;/h11,24H,3-10H2,1-2H3,(H,18,25)(H,19,20,21);. The van der Waals surface area contributed by atoms with Crippen molar-refractivity contribution >= 4 is 68.5 Å². The van der Waals surface area contributed by atoms with Crippen molar-refractivity contribution in [3.63, 3.8) is 0 Å². The van der Waals surface area contributed by atoms with Crippen LogP contribution in [0.1, 0.15) is 55.9 Å². The van der Waals surface area contributed by atoms with Crippen molar-refractivity contribution in [1.29, 1.82) is 0 Å². The third-order valence-electron chi connectivity index (χ3n) is 4.78. The van der Waals surface area contributed by atoms with Crippen molar-refractivity contribution in [2.24, 2.45) is 0 Å². The Morgan fingerprint density at radius 1 is 1.26 bits per heavy atom. The van der Waals surface area contributed by atoms with Crippen LogP contribution in [0.2, 0.25) is 0 Å². The van der Waals surface area contributed by atoms with E-state index in [1.54, 1.807) is 0 Å². The average Bonchev–Trinajstić information content (AvgIpc) is 3.09. The molecule has 9 nitrogen and oxygen atoms in total. The van der Waals surface area contributed by atoms with Gasteiger partial charge in [-0.3, -0.25) is 14.2 Å².